The molecule has 2 N–H and O–H groups in total. The Kier molecular flexibility index (Phi) is 8.11. The molecule has 0 aromatic carbocycles. The number of carbonyl (C=O) groups excluding carboxylic acids is 2. The standard InChI is InChI=1S/C12H22NO8P/c1-12(2,3)10(17)21-13(11(18)20-4)8(9(15)16)5-6-22(19)7-14/h8,14,22H,5-7H2,1-4H3,(H,15,16). The van der Waals surface area contributed by atoms with Gasteiger partial charge in [0, 0.05) is 6.16 Å². The molecule has 9 nitrogen and oxygen atoms in total. The van der Waals surface area contributed by atoms with Gasteiger partial charge in [0.2, 0.25) is 0 Å². The van der Waals surface area contributed by atoms with E-state index in [9.17, 15) is 24.1 Å². The van der Waals surface area contributed by atoms with Crippen LogP contribution in [0.25, 0.3) is 0 Å². The quantitative estimate of drug-likeness (QED) is 0.539. The molecule has 0 aliphatic rings. The van der Waals surface area contributed by atoms with Crippen molar-refractivity contribution in [2.75, 3.05) is 19.6 Å². The van der Waals surface area contributed by atoms with Crippen LogP contribution in [0.15, 0.2) is 0 Å². The SMILES string of the molecule is COC(=O)N(OC(=O)C(C)(C)C)C(CC[PH](=O)CO)C(=O)O. The molecule has 0 aromatic rings. The molecule has 0 radical (unpaired) electrons. The first-order chi connectivity index (χ1) is 10.0. The second-order valence-electron chi connectivity index (χ2n) is 5.51. The van der Waals surface area contributed by atoms with Gasteiger partial charge in [0.25, 0.3) is 0 Å². The zero-order valence-electron chi connectivity index (χ0n) is 13.0. The predicted octanol–water partition coefficient (Wildman–Crippen LogP) is 0.912. The first-order valence-electron chi connectivity index (χ1n) is 6.49. The minimum atomic E-state index is -2.36. The van der Waals surface area contributed by atoms with Crippen LogP contribution in [0.4, 0.5) is 4.79 Å². The van der Waals surface area contributed by atoms with E-state index >= 15 is 0 Å². The molecule has 0 spiro atoms. The summed E-state index contributed by atoms with van der Waals surface area (Å²) in [7, 11) is -1.35. The third kappa shape index (κ3) is 6.44. The molecule has 0 saturated carbocycles. The highest BCUT2D eigenvalue weighted by Crippen LogP contribution is 2.23. The predicted molar refractivity (Wildman–Crippen MR) is 76.8 cm³/mol. The molecule has 0 fully saturated rings. The number of aliphatic hydroxyl groups excluding tert-OH is 1. The Morgan fingerprint density at radius 2 is 1.82 bits per heavy atom. The number of aliphatic carboxylic acids is 1. The number of amides is 1. The summed E-state index contributed by atoms with van der Waals surface area (Å²) in [5.74, 6) is -2.26. The van der Waals surface area contributed by atoms with Gasteiger partial charge in [0.05, 0.1) is 18.9 Å². The number of methoxy groups -OCH3 is 1. The van der Waals surface area contributed by atoms with Gasteiger partial charge in [-0.15, -0.1) is 5.06 Å². The number of aliphatic hydroxyl groups is 1. The molecule has 22 heavy (non-hydrogen) atoms. The van der Waals surface area contributed by atoms with Gasteiger partial charge in [-0.3, -0.25) is 0 Å². The van der Waals surface area contributed by atoms with Gasteiger partial charge in [0.1, 0.15) is 7.80 Å². The van der Waals surface area contributed by atoms with E-state index in [2.05, 4.69) is 4.74 Å². The lowest BCUT2D eigenvalue weighted by Gasteiger charge is -2.28. The zero-order chi connectivity index (χ0) is 17.5. The number of ether oxygens (including phenoxy) is 1. The summed E-state index contributed by atoms with van der Waals surface area (Å²) < 4.78 is 15.7. The van der Waals surface area contributed by atoms with Crippen LogP contribution < -0.4 is 0 Å². The number of carboxylic acid groups (broad SMARTS) is 1. The third-order valence-electron chi connectivity index (χ3n) is 2.59. The fourth-order valence-electron chi connectivity index (χ4n) is 1.26. The molecule has 0 aliphatic carbocycles. The van der Waals surface area contributed by atoms with Crippen molar-refractivity contribution in [3.8, 4) is 0 Å². The summed E-state index contributed by atoms with van der Waals surface area (Å²) >= 11 is 0. The Bertz CT molecular complexity index is 445. The van der Waals surface area contributed by atoms with Crippen molar-refractivity contribution in [1.82, 2.24) is 5.06 Å². The van der Waals surface area contributed by atoms with Gasteiger partial charge in [0.15, 0.2) is 6.04 Å². The molecule has 2 unspecified atom stereocenters. The summed E-state index contributed by atoms with van der Waals surface area (Å²) in [6.07, 6.45) is -2.08. The maximum absolute atomic E-state index is 11.9. The minimum absolute atomic E-state index is 0.112. The van der Waals surface area contributed by atoms with Gasteiger partial charge >= 0.3 is 18.0 Å². The van der Waals surface area contributed by atoms with E-state index in [1.54, 1.807) is 0 Å². The summed E-state index contributed by atoms with van der Waals surface area (Å²) in [6.45, 7) is 4.60. The first kappa shape index (κ1) is 20.4. The van der Waals surface area contributed by atoms with Gasteiger partial charge in [-0.05, 0) is 27.2 Å². The molecule has 0 aromatic heterocycles. The fraction of sp³-hybridized carbons (Fsp3) is 0.750. The van der Waals surface area contributed by atoms with E-state index in [0.29, 0.717) is 5.06 Å². The smallest absolute Gasteiger partial charge is 0.443 e. The molecule has 0 rings (SSSR count). The first-order valence-corrected chi connectivity index (χ1v) is 8.31. The monoisotopic (exact) mass is 339 g/mol. The molecule has 2 atom stereocenters. The summed E-state index contributed by atoms with van der Waals surface area (Å²) in [6, 6.07) is -1.56. The Morgan fingerprint density at radius 1 is 1.27 bits per heavy atom. The van der Waals surface area contributed by atoms with Crippen LogP contribution in [0.2, 0.25) is 0 Å². The Morgan fingerprint density at radius 3 is 2.18 bits per heavy atom. The number of hydroxylamine groups is 2. The van der Waals surface area contributed by atoms with Crippen molar-refractivity contribution in [3.63, 3.8) is 0 Å². The second-order valence-corrected chi connectivity index (χ2v) is 7.41. The molecule has 128 valence electrons. The average Bonchev–Trinajstić information content (AvgIpc) is 2.43. The van der Waals surface area contributed by atoms with Crippen LogP contribution >= 0.6 is 7.80 Å². The van der Waals surface area contributed by atoms with Crippen molar-refractivity contribution in [2.24, 2.45) is 5.41 Å². The largest absolute Gasteiger partial charge is 0.480 e. The Balaban J connectivity index is 5.24. The lowest BCUT2D eigenvalue weighted by atomic mass is 9.98. The van der Waals surface area contributed by atoms with Gasteiger partial charge < -0.3 is 24.4 Å². The van der Waals surface area contributed by atoms with Crippen LogP contribution in [0.5, 0.6) is 0 Å². The maximum Gasteiger partial charge on any atom is 0.443 e. The average molecular weight is 339 g/mol. The van der Waals surface area contributed by atoms with Crippen molar-refractivity contribution in [2.45, 2.75) is 33.2 Å². The van der Waals surface area contributed by atoms with Crippen LogP contribution in [-0.4, -0.2) is 59.0 Å². The van der Waals surface area contributed by atoms with E-state index in [4.69, 9.17) is 9.94 Å². The molecule has 0 bridgehead atoms. The summed E-state index contributed by atoms with van der Waals surface area (Å²) in [5, 5.41) is 18.2. The van der Waals surface area contributed by atoms with Gasteiger partial charge in [-0.2, -0.15) is 0 Å². The molecule has 0 aliphatic heterocycles. The van der Waals surface area contributed by atoms with Crippen LogP contribution in [0.3, 0.4) is 0 Å². The third-order valence-corrected chi connectivity index (χ3v) is 3.79. The van der Waals surface area contributed by atoms with Crippen molar-refractivity contribution in [1.29, 1.82) is 0 Å². The van der Waals surface area contributed by atoms with E-state index in [1.807, 2.05) is 0 Å². The van der Waals surface area contributed by atoms with Crippen molar-refractivity contribution >= 4 is 25.8 Å². The zero-order valence-corrected chi connectivity index (χ0v) is 14.0. The fourth-order valence-corrected chi connectivity index (χ4v) is 2.02. The molecule has 0 heterocycles. The number of hydrogen-bond donors (Lipinski definition) is 2. The summed E-state index contributed by atoms with van der Waals surface area (Å²) in [4.78, 5) is 39.7. The van der Waals surface area contributed by atoms with E-state index < -0.39 is 43.6 Å². The molecule has 1 amide bonds. The molecule has 10 heteroatoms. The lowest BCUT2D eigenvalue weighted by molar-refractivity contribution is -0.203. The van der Waals surface area contributed by atoms with E-state index in [-0.39, 0.29) is 12.6 Å². The number of carbonyl (C=O) groups is 3. The maximum atomic E-state index is 11.9. The van der Waals surface area contributed by atoms with Crippen LogP contribution in [0.1, 0.15) is 27.2 Å². The number of rotatable bonds is 6. The highest BCUT2D eigenvalue weighted by molar-refractivity contribution is 7.44. The topological polar surface area (TPSA) is 130 Å². The Hall–Kier alpha value is -1.60. The van der Waals surface area contributed by atoms with Gasteiger partial charge in [-0.25, -0.2) is 14.4 Å². The summed E-state index contributed by atoms with van der Waals surface area (Å²) in [5.41, 5.74) is -0.964. The van der Waals surface area contributed by atoms with Crippen molar-refractivity contribution in [3.05, 3.63) is 0 Å². The van der Waals surface area contributed by atoms with E-state index in [1.165, 1.54) is 20.8 Å². The van der Waals surface area contributed by atoms with Gasteiger partial charge in [-0.1, -0.05) is 0 Å². The lowest BCUT2D eigenvalue weighted by Crippen LogP contribution is -2.48. The number of hydrogen-bond acceptors (Lipinski definition) is 7. The van der Waals surface area contributed by atoms with Crippen molar-refractivity contribution < 1.29 is 38.7 Å². The second kappa shape index (κ2) is 8.75. The highest BCUT2D eigenvalue weighted by Gasteiger charge is 2.37. The minimum Gasteiger partial charge on any atom is -0.480 e. The number of nitrogens with zero attached hydrogens (tertiary/aromatic N) is 1. The highest BCUT2D eigenvalue weighted by atomic mass is 31.1. The molecular formula is C12H22NO8P. The van der Waals surface area contributed by atoms with Crippen LogP contribution in [0, 0.1) is 5.41 Å². The molecule has 0 saturated heterocycles. The molecular weight excluding hydrogens is 317 g/mol. The normalized spacial score (nSPS) is 13.9. The van der Waals surface area contributed by atoms with Crippen LogP contribution in [-0.2, 0) is 23.7 Å². The van der Waals surface area contributed by atoms with E-state index in [0.717, 1.165) is 7.11 Å². The number of carboxylic acids is 1. The Labute approximate surface area is 128 Å².